The molecule has 1 aromatic heterocycles. The van der Waals surface area contributed by atoms with Gasteiger partial charge in [-0.3, -0.25) is 19.3 Å². The fourth-order valence-corrected chi connectivity index (χ4v) is 5.70. The molecule has 0 bridgehead atoms. The summed E-state index contributed by atoms with van der Waals surface area (Å²) in [6, 6.07) is -1.09. The molecule has 2 saturated heterocycles. The SMILES string of the molecule is CN1CCC(=CC2=C(C(=O)O)N3C(=O)[C@@H](NC(=O)C(=NOC(C)(C)C(=O)O)c4csc(N)n4)[C@H]3SC2)C1=O. The van der Waals surface area contributed by atoms with Gasteiger partial charge in [-0.2, -0.15) is 0 Å². The number of carboxylic acids is 2. The molecule has 0 unspecified atom stereocenters. The fourth-order valence-electron chi connectivity index (χ4n) is 3.85. The van der Waals surface area contributed by atoms with Gasteiger partial charge in [0.2, 0.25) is 11.5 Å². The lowest BCUT2D eigenvalue weighted by atomic mass is 10.0. The third-order valence-corrected chi connectivity index (χ3v) is 8.01. The summed E-state index contributed by atoms with van der Waals surface area (Å²) >= 11 is 2.25. The topological polar surface area (TPSA) is 205 Å². The number of hydrogen-bond donors (Lipinski definition) is 4. The van der Waals surface area contributed by atoms with Gasteiger partial charge in [-0.15, -0.1) is 23.1 Å². The number of hydrogen-bond acceptors (Lipinski definition) is 11. The molecule has 16 heteroatoms. The van der Waals surface area contributed by atoms with Gasteiger partial charge in [0.1, 0.15) is 22.8 Å². The van der Waals surface area contributed by atoms with E-state index < -0.39 is 46.5 Å². The molecule has 0 saturated carbocycles. The minimum atomic E-state index is -1.77. The van der Waals surface area contributed by atoms with Crippen molar-refractivity contribution < 1.29 is 39.0 Å². The van der Waals surface area contributed by atoms with Crippen molar-refractivity contribution in [3.05, 3.63) is 34.0 Å². The number of aromatic nitrogens is 1. The number of anilines is 1. The zero-order valence-corrected chi connectivity index (χ0v) is 22.1. The van der Waals surface area contributed by atoms with E-state index in [2.05, 4.69) is 15.5 Å². The number of β-lactam (4-membered cyclic amide) rings is 1. The summed E-state index contributed by atoms with van der Waals surface area (Å²) in [5, 5.41) is 26.2. The second kappa shape index (κ2) is 10.1. The summed E-state index contributed by atoms with van der Waals surface area (Å²) in [4.78, 5) is 73.6. The van der Waals surface area contributed by atoms with Crippen molar-refractivity contribution in [2.75, 3.05) is 25.1 Å². The van der Waals surface area contributed by atoms with Crippen LogP contribution in [0.4, 0.5) is 5.13 Å². The van der Waals surface area contributed by atoms with Crippen molar-refractivity contribution >= 4 is 63.6 Å². The van der Waals surface area contributed by atoms with Crippen molar-refractivity contribution in [3.63, 3.8) is 0 Å². The molecular formula is C22H24N6O8S2. The van der Waals surface area contributed by atoms with E-state index in [1.807, 2.05) is 0 Å². The van der Waals surface area contributed by atoms with Crippen LogP contribution < -0.4 is 11.1 Å². The van der Waals surface area contributed by atoms with Crippen molar-refractivity contribution in [1.82, 2.24) is 20.1 Å². The van der Waals surface area contributed by atoms with Gasteiger partial charge in [0.15, 0.2) is 10.8 Å². The summed E-state index contributed by atoms with van der Waals surface area (Å²) in [7, 11) is 1.65. The molecular weight excluding hydrogens is 540 g/mol. The molecule has 0 spiro atoms. The Kier molecular flexibility index (Phi) is 7.20. The van der Waals surface area contributed by atoms with Crippen LogP contribution in [-0.2, 0) is 28.8 Å². The number of oxime groups is 1. The largest absolute Gasteiger partial charge is 0.478 e. The number of aliphatic carboxylic acids is 2. The Morgan fingerprint density at radius 3 is 2.58 bits per heavy atom. The van der Waals surface area contributed by atoms with Gasteiger partial charge >= 0.3 is 11.9 Å². The van der Waals surface area contributed by atoms with Crippen LogP contribution in [0.3, 0.4) is 0 Å². The molecule has 0 aromatic carbocycles. The Balaban J connectivity index is 1.57. The summed E-state index contributed by atoms with van der Waals surface area (Å²) < 4.78 is 0. The van der Waals surface area contributed by atoms with E-state index in [1.165, 1.54) is 42.0 Å². The maximum atomic E-state index is 13.1. The summed E-state index contributed by atoms with van der Waals surface area (Å²) in [6.07, 6.45) is 1.99. The van der Waals surface area contributed by atoms with Crippen LogP contribution in [0.1, 0.15) is 26.0 Å². The molecule has 0 aliphatic carbocycles. The number of carbonyl (C=O) groups excluding carboxylic acids is 3. The molecule has 202 valence electrons. The molecule has 2 fully saturated rings. The number of rotatable bonds is 8. The van der Waals surface area contributed by atoms with E-state index in [4.69, 9.17) is 10.6 Å². The number of thioether (sulfide) groups is 1. The van der Waals surface area contributed by atoms with E-state index in [0.29, 0.717) is 24.1 Å². The second-order valence-corrected chi connectivity index (χ2v) is 11.1. The van der Waals surface area contributed by atoms with Gasteiger partial charge in [0.05, 0.1) is 0 Å². The number of thiazole rings is 1. The highest BCUT2D eigenvalue weighted by molar-refractivity contribution is 8.00. The van der Waals surface area contributed by atoms with Crippen LogP contribution in [0.25, 0.3) is 0 Å². The first-order valence-corrected chi connectivity index (χ1v) is 13.1. The van der Waals surface area contributed by atoms with Gasteiger partial charge in [0.25, 0.3) is 11.8 Å². The van der Waals surface area contributed by atoms with Gasteiger partial charge in [0, 0.05) is 30.3 Å². The second-order valence-electron chi connectivity index (χ2n) is 9.10. The molecule has 3 amide bonds. The van der Waals surface area contributed by atoms with Gasteiger partial charge in [-0.25, -0.2) is 14.6 Å². The third-order valence-electron chi connectivity index (χ3n) is 6.03. The van der Waals surface area contributed by atoms with Gasteiger partial charge < -0.3 is 31.0 Å². The van der Waals surface area contributed by atoms with Gasteiger partial charge in [-0.05, 0) is 31.9 Å². The minimum absolute atomic E-state index is 0.0114. The maximum Gasteiger partial charge on any atom is 0.352 e. The number of nitrogens with zero attached hydrogens (tertiary/aromatic N) is 4. The predicted molar refractivity (Wildman–Crippen MR) is 136 cm³/mol. The maximum absolute atomic E-state index is 13.1. The smallest absolute Gasteiger partial charge is 0.352 e. The number of likely N-dealkylation sites (tertiary alicyclic amines) is 1. The van der Waals surface area contributed by atoms with Crippen LogP contribution in [0.2, 0.25) is 0 Å². The minimum Gasteiger partial charge on any atom is -0.478 e. The molecule has 38 heavy (non-hydrogen) atoms. The first kappa shape index (κ1) is 27.1. The van der Waals surface area contributed by atoms with E-state index in [1.54, 1.807) is 7.05 Å². The van der Waals surface area contributed by atoms with Crippen molar-refractivity contribution in [2.45, 2.75) is 37.3 Å². The molecule has 4 rings (SSSR count). The van der Waals surface area contributed by atoms with Crippen LogP contribution in [0, 0.1) is 0 Å². The van der Waals surface area contributed by atoms with Crippen LogP contribution in [0.5, 0.6) is 0 Å². The van der Waals surface area contributed by atoms with Gasteiger partial charge in [-0.1, -0.05) is 5.16 Å². The summed E-state index contributed by atoms with van der Waals surface area (Å²) in [5.74, 6) is -4.21. The lowest BCUT2D eigenvalue weighted by Gasteiger charge is -2.49. The van der Waals surface area contributed by atoms with Crippen molar-refractivity contribution in [1.29, 1.82) is 0 Å². The van der Waals surface area contributed by atoms with E-state index >= 15 is 0 Å². The average molecular weight is 565 g/mol. The molecule has 4 heterocycles. The predicted octanol–water partition coefficient (Wildman–Crippen LogP) is -0.164. The highest BCUT2D eigenvalue weighted by Crippen LogP contribution is 2.41. The first-order valence-electron chi connectivity index (χ1n) is 11.2. The number of carbonyl (C=O) groups is 5. The lowest BCUT2D eigenvalue weighted by molar-refractivity contribution is -0.161. The lowest BCUT2D eigenvalue weighted by Crippen LogP contribution is -2.71. The van der Waals surface area contributed by atoms with E-state index in [0.717, 1.165) is 16.2 Å². The van der Waals surface area contributed by atoms with E-state index in [9.17, 15) is 34.2 Å². The molecule has 1 aromatic rings. The standard InChI is InChI=1S/C22H24N6O8S2/c1-22(2,20(34)35)36-26-12(11-8-38-21(23)24-11)15(29)25-13-17(31)28-14(19(32)33)10(7-37-18(13)28)6-9-4-5-27(3)16(9)30/h6,8,13,18H,4-5,7H2,1-3H3,(H2,23,24)(H,25,29)(H,32,33)(H,34,35)/t13-,18-/m1/s1. The fraction of sp³-hybridized carbons (Fsp3) is 0.409. The monoisotopic (exact) mass is 564 g/mol. The number of nitrogens with two attached hydrogens (primary N) is 1. The Labute approximate surface area is 224 Å². The number of likely N-dealkylation sites (N-methyl/N-ethyl adjacent to an activating group) is 1. The van der Waals surface area contributed by atoms with Crippen LogP contribution in [-0.4, -0.2) is 96.7 Å². The molecule has 5 N–H and O–H groups in total. The number of allylic oxidation sites excluding steroid dienone is 1. The Bertz CT molecular complexity index is 1330. The Morgan fingerprint density at radius 2 is 2.03 bits per heavy atom. The Hall–Kier alpha value is -3.92. The molecule has 14 nitrogen and oxygen atoms in total. The quantitative estimate of drug-likeness (QED) is 0.141. The highest BCUT2D eigenvalue weighted by atomic mass is 32.2. The summed E-state index contributed by atoms with van der Waals surface area (Å²) in [5.41, 5.74) is 4.06. The highest BCUT2D eigenvalue weighted by Gasteiger charge is 2.54. The number of nitrogens with one attached hydrogen (secondary N) is 1. The van der Waals surface area contributed by atoms with Crippen LogP contribution >= 0.6 is 23.1 Å². The third kappa shape index (κ3) is 4.96. The molecule has 0 radical (unpaired) electrons. The number of amides is 3. The Morgan fingerprint density at radius 1 is 1.32 bits per heavy atom. The number of nitrogen functional groups attached to an aromatic ring is 1. The normalized spacial score (nSPS) is 22.9. The molecule has 2 atom stereocenters. The zero-order chi connectivity index (χ0) is 27.9. The number of fused-ring (bicyclic) bond motifs is 1. The van der Waals surface area contributed by atoms with Crippen LogP contribution in [0.15, 0.2) is 33.5 Å². The number of carboxylic acid groups (broad SMARTS) is 2. The zero-order valence-electron chi connectivity index (χ0n) is 20.5. The molecule has 3 aliphatic heterocycles. The van der Waals surface area contributed by atoms with E-state index in [-0.39, 0.29) is 28.2 Å². The molecule has 3 aliphatic rings. The summed E-state index contributed by atoms with van der Waals surface area (Å²) in [6.45, 7) is 2.99. The van der Waals surface area contributed by atoms with Crippen molar-refractivity contribution in [2.24, 2.45) is 5.16 Å². The average Bonchev–Trinajstić information content (AvgIpc) is 3.42. The van der Waals surface area contributed by atoms with Crippen molar-refractivity contribution in [3.8, 4) is 0 Å². The first-order chi connectivity index (χ1) is 17.8.